The first-order chi connectivity index (χ1) is 9.40. The predicted octanol–water partition coefficient (Wildman–Crippen LogP) is 0.752. The molecule has 20 heavy (non-hydrogen) atoms. The number of hydrogen-bond acceptors (Lipinski definition) is 6. The average Bonchev–Trinajstić information content (AvgIpc) is 2.92. The van der Waals surface area contributed by atoms with E-state index in [0.717, 1.165) is 6.07 Å². The number of non-ortho nitro benzene ring substituents is 1. The van der Waals surface area contributed by atoms with Crippen molar-refractivity contribution in [2.24, 2.45) is 0 Å². The summed E-state index contributed by atoms with van der Waals surface area (Å²) in [6.45, 7) is 1.58. The Kier molecular flexibility index (Phi) is 3.77. The third kappa shape index (κ3) is 2.97. The van der Waals surface area contributed by atoms with Crippen molar-refractivity contribution < 1.29 is 13.3 Å². The maximum atomic E-state index is 12.1. The van der Waals surface area contributed by atoms with E-state index in [-0.39, 0.29) is 10.6 Å². The average molecular weight is 297 g/mol. The Labute approximate surface area is 114 Å². The molecule has 0 bridgehead atoms. The molecule has 0 amide bonds. The molecule has 0 spiro atoms. The van der Waals surface area contributed by atoms with Crippen LogP contribution >= 0.6 is 0 Å². The molecular formula is C10H11N5O4S. The number of aromatic nitrogens is 3. The van der Waals surface area contributed by atoms with E-state index in [4.69, 9.17) is 0 Å². The van der Waals surface area contributed by atoms with E-state index in [1.54, 1.807) is 6.92 Å². The number of nitrogens with zero attached hydrogens (tertiary/aromatic N) is 3. The second-order valence-corrected chi connectivity index (χ2v) is 5.68. The molecule has 1 aromatic heterocycles. The van der Waals surface area contributed by atoms with E-state index in [1.807, 2.05) is 0 Å². The normalized spacial score (nSPS) is 13.1. The molecule has 9 nitrogen and oxygen atoms in total. The van der Waals surface area contributed by atoms with Gasteiger partial charge in [-0.15, -0.1) is 0 Å². The molecule has 1 unspecified atom stereocenters. The highest BCUT2D eigenvalue weighted by Gasteiger charge is 2.21. The van der Waals surface area contributed by atoms with Crippen molar-refractivity contribution in [1.82, 2.24) is 19.9 Å². The van der Waals surface area contributed by atoms with Crippen LogP contribution in [-0.4, -0.2) is 28.5 Å². The van der Waals surface area contributed by atoms with Crippen molar-refractivity contribution in [3.63, 3.8) is 0 Å². The van der Waals surface area contributed by atoms with Gasteiger partial charge in [0.15, 0.2) is 0 Å². The van der Waals surface area contributed by atoms with E-state index in [0.29, 0.717) is 5.82 Å². The number of nitro benzene ring substituents is 1. The third-order valence-electron chi connectivity index (χ3n) is 2.51. The first-order valence-electron chi connectivity index (χ1n) is 5.52. The molecule has 1 atom stereocenters. The van der Waals surface area contributed by atoms with Gasteiger partial charge in [0.05, 0.1) is 15.9 Å². The molecule has 0 saturated heterocycles. The number of sulfonamides is 1. The van der Waals surface area contributed by atoms with Crippen LogP contribution in [0.4, 0.5) is 5.69 Å². The summed E-state index contributed by atoms with van der Waals surface area (Å²) in [7, 11) is -3.88. The Bertz CT molecular complexity index is 713. The van der Waals surface area contributed by atoms with Crippen molar-refractivity contribution in [1.29, 1.82) is 0 Å². The number of aromatic amines is 1. The highest BCUT2D eigenvalue weighted by Crippen LogP contribution is 2.19. The fraction of sp³-hybridized carbons (Fsp3) is 0.200. The minimum Gasteiger partial charge on any atom is -0.262 e. The van der Waals surface area contributed by atoms with Crippen LogP contribution in [0.3, 0.4) is 0 Å². The summed E-state index contributed by atoms with van der Waals surface area (Å²) >= 11 is 0. The van der Waals surface area contributed by atoms with Gasteiger partial charge in [-0.25, -0.2) is 18.1 Å². The summed E-state index contributed by atoms with van der Waals surface area (Å²) in [4.78, 5) is 13.7. The van der Waals surface area contributed by atoms with Crippen molar-refractivity contribution in [2.45, 2.75) is 17.9 Å². The van der Waals surface area contributed by atoms with Crippen LogP contribution in [-0.2, 0) is 10.0 Å². The van der Waals surface area contributed by atoms with Gasteiger partial charge in [0, 0.05) is 12.1 Å². The van der Waals surface area contributed by atoms with E-state index >= 15 is 0 Å². The standard InChI is InChI=1S/C10H11N5O4S/c1-7(10-11-6-12-13-10)14-20(18,19)9-4-2-3-8(5-9)15(16)17/h2-7,14H,1H3,(H,11,12,13). The largest absolute Gasteiger partial charge is 0.270 e. The third-order valence-corrected chi connectivity index (χ3v) is 4.05. The van der Waals surface area contributed by atoms with Crippen molar-refractivity contribution in [3.8, 4) is 0 Å². The Hall–Kier alpha value is -2.33. The zero-order valence-electron chi connectivity index (χ0n) is 10.3. The van der Waals surface area contributed by atoms with Crippen molar-refractivity contribution >= 4 is 15.7 Å². The molecule has 2 N–H and O–H groups in total. The van der Waals surface area contributed by atoms with E-state index in [9.17, 15) is 18.5 Å². The molecule has 0 aliphatic carbocycles. The van der Waals surface area contributed by atoms with E-state index < -0.39 is 21.0 Å². The summed E-state index contributed by atoms with van der Waals surface area (Å²) < 4.78 is 26.6. The van der Waals surface area contributed by atoms with E-state index in [1.165, 1.54) is 24.5 Å². The predicted molar refractivity (Wildman–Crippen MR) is 68.2 cm³/mol. The van der Waals surface area contributed by atoms with Gasteiger partial charge in [-0.1, -0.05) is 6.07 Å². The number of nitro groups is 1. The fourth-order valence-electron chi connectivity index (χ4n) is 1.54. The zero-order valence-corrected chi connectivity index (χ0v) is 11.2. The van der Waals surface area contributed by atoms with Gasteiger partial charge in [-0.3, -0.25) is 15.2 Å². The van der Waals surface area contributed by atoms with Crippen LogP contribution in [0.1, 0.15) is 18.8 Å². The Morgan fingerprint density at radius 1 is 1.45 bits per heavy atom. The minimum absolute atomic E-state index is 0.182. The smallest absolute Gasteiger partial charge is 0.262 e. The quantitative estimate of drug-likeness (QED) is 0.618. The van der Waals surface area contributed by atoms with Gasteiger partial charge in [-0.2, -0.15) is 5.10 Å². The molecule has 2 rings (SSSR count). The summed E-state index contributed by atoms with van der Waals surface area (Å²) in [6, 6.07) is 4.17. The Balaban J connectivity index is 2.26. The number of rotatable bonds is 5. The van der Waals surface area contributed by atoms with Crippen LogP contribution in [0.2, 0.25) is 0 Å². The lowest BCUT2D eigenvalue weighted by Crippen LogP contribution is -2.27. The van der Waals surface area contributed by atoms with Crippen LogP contribution in [0.25, 0.3) is 0 Å². The minimum atomic E-state index is -3.88. The topological polar surface area (TPSA) is 131 Å². The Morgan fingerprint density at radius 2 is 2.20 bits per heavy atom. The maximum Gasteiger partial charge on any atom is 0.270 e. The van der Waals surface area contributed by atoms with Crippen LogP contribution < -0.4 is 4.72 Å². The van der Waals surface area contributed by atoms with Gasteiger partial charge in [0.1, 0.15) is 12.2 Å². The van der Waals surface area contributed by atoms with Gasteiger partial charge in [-0.05, 0) is 13.0 Å². The highest BCUT2D eigenvalue weighted by atomic mass is 32.2. The molecular weight excluding hydrogens is 286 g/mol. The second-order valence-electron chi connectivity index (χ2n) is 3.97. The fourth-order valence-corrected chi connectivity index (χ4v) is 2.79. The summed E-state index contributed by atoms with van der Waals surface area (Å²) in [5.41, 5.74) is -0.291. The lowest BCUT2D eigenvalue weighted by atomic mass is 10.3. The van der Waals surface area contributed by atoms with Gasteiger partial charge in [0.25, 0.3) is 5.69 Å². The van der Waals surface area contributed by atoms with Crippen LogP contribution in [0.15, 0.2) is 35.5 Å². The molecule has 1 aromatic carbocycles. The second kappa shape index (κ2) is 5.35. The van der Waals surface area contributed by atoms with Crippen molar-refractivity contribution in [3.05, 3.63) is 46.5 Å². The zero-order chi connectivity index (χ0) is 14.8. The number of H-pyrrole nitrogens is 1. The summed E-state index contributed by atoms with van der Waals surface area (Å²) in [6.07, 6.45) is 1.26. The molecule has 0 aliphatic rings. The lowest BCUT2D eigenvalue weighted by Gasteiger charge is -2.11. The van der Waals surface area contributed by atoms with Crippen LogP contribution in [0.5, 0.6) is 0 Å². The molecule has 0 fully saturated rings. The monoisotopic (exact) mass is 297 g/mol. The molecule has 10 heteroatoms. The lowest BCUT2D eigenvalue weighted by molar-refractivity contribution is -0.385. The molecule has 0 radical (unpaired) electrons. The van der Waals surface area contributed by atoms with E-state index in [2.05, 4.69) is 19.9 Å². The first kappa shape index (κ1) is 14.1. The number of benzene rings is 1. The summed E-state index contributed by atoms with van der Waals surface area (Å²) in [5, 5.41) is 16.8. The molecule has 0 saturated carbocycles. The van der Waals surface area contributed by atoms with Crippen molar-refractivity contribution in [2.75, 3.05) is 0 Å². The summed E-state index contributed by atoms with van der Waals surface area (Å²) in [5.74, 6) is 0.346. The SMILES string of the molecule is CC(NS(=O)(=O)c1cccc([N+](=O)[O-])c1)c1ncn[nH]1. The number of nitrogens with one attached hydrogen (secondary N) is 2. The highest BCUT2D eigenvalue weighted by molar-refractivity contribution is 7.89. The maximum absolute atomic E-state index is 12.1. The Morgan fingerprint density at radius 3 is 2.80 bits per heavy atom. The van der Waals surface area contributed by atoms with Gasteiger partial charge < -0.3 is 0 Å². The molecule has 2 aromatic rings. The van der Waals surface area contributed by atoms with Gasteiger partial charge in [0.2, 0.25) is 10.0 Å². The van der Waals surface area contributed by atoms with Gasteiger partial charge >= 0.3 is 0 Å². The van der Waals surface area contributed by atoms with Crippen LogP contribution in [0, 0.1) is 10.1 Å². The molecule has 106 valence electrons. The molecule has 1 heterocycles. The first-order valence-corrected chi connectivity index (χ1v) is 7.00. The molecule has 0 aliphatic heterocycles. The number of hydrogen-bond donors (Lipinski definition) is 2.